The van der Waals surface area contributed by atoms with Crippen LogP contribution >= 0.6 is 0 Å². The largest absolute Gasteiger partial charge is 0.341 e. The van der Waals surface area contributed by atoms with E-state index in [9.17, 15) is 13.2 Å². The Hall–Kier alpha value is -3.90. The molecule has 0 fully saturated rings. The highest BCUT2D eigenvalue weighted by molar-refractivity contribution is 7.92. The van der Waals surface area contributed by atoms with Crippen molar-refractivity contribution in [2.45, 2.75) is 38.6 Å². The van der Waals surface area contributed by atoms with Gasteiger partial charge in [0.25, 0.3) is 15.9 Å². The van der Waals surface area contributed by atoms with Crippen molar-refractivity contribution in [3.05, 3.63) is 130 Å². The summed E-state index contributed by atoms with van der Waals surface area (Å²) in [6.07, 6.45) is 0. The number of anilines is 1. The molecule has 0 aliphatic heterocycles. The number of hydrogen-bond acceptors (Lipinski definition) is 3. The Kier molecular flexibility index (Phi) is 7.27. The Labute approximate surface area is 213 Å². The van der Waals surface area contributed by atoms with Crippen LogP contribution < -0.4 is 10.0 Å². The number of aryl methyl sites for hydroxylation is 2. The van der Waals surface area contributed by atoms with Crippen molar-refractivity contribution in [1.29, 1.82) is 0 Å². The van der Waals surface area contributed by atoms with E-state index in [1.54, 1.807) is 38.1 Å². The summed E-state index contributed by atoms with van der Waals surface area (Å²) in [6, 6.07) is 27.6. The van der Waals surface area contributed by atoms with Gasteiger partial charge in [0, 0.05) is 0 Å². The number of carbonyl (C=O) groups is 1. The SMILES string of the molecule is Cc1cc(C)c(C)c(S(=O)(=O)Nc2ccccc2C(=O)NC(c2ccccc2)c2ccccc2)c1C. The quantitative estimate of drug-likeness (QED) is 0.317. The number of rotatable bonds is 7. The number of sulfonamides is 1. The van der Waals surface area contributed by atoms with Crippen molar-refractivity contribution >= 4 is 21.6 Å². The summed E-state index contributed by atoms with van der Waals surface area (Å²) in [7, 11) is -3.94. The van der Waals surface area contributed by atoms with Crippen molar-refractivity contribution in [2.75, 3.05) is 4.72 Å². The highest BCUT2D eigenvalue weighted by Gasteiger charge is 2.25. The Balaban J connectivity index is 1.70. The molecule has 0 bridgehead atoms. The molecular formula is C30H30N2O3S. The zero-order valence-electron chi connectivity index (χ0n) is 20.9. The Bertz CT molecular complexity index is 1430. The molecule has 0 radical (unpaired) electrons. The fourth-order valence-corrected chi connectivity index (χ4v) is 6.11. The molecule has 0 aliphatic carbocycles. The fourth-order valence-electron chi connectivity index (χ4n) is 4.41. The number of nitrogens with one attached hydrogen (secondary N) is 2. The van der Waals surface area contributed by atoms with Crippen molar-refractivity contribution in [3.8, 4) is 0 Å². The minimum Gasteiger partial charge on any atom is -0.341 e. The molecule has 0 atom stereocenters. The maximum absolute atomic E-state index is 13.5. The lowest BCUT2D eigenvalue weighted by Crippen LogP contribution is -2.30. The van der Waals surface area contributed by atoms with E-state index >= 15 is 0 Å². The number of para-hydroxylation sites is 1. The predicted molar refractivity (Wildman–Crippen MR) is 145 cm³/mol. The third kappa shape index (κ3) is 5.19. The second kappa shape index (κ2) is 10.4. The second-order valence-electron chi connectivity index (χ2n) is 8.97. The molecule has 0 heterocycles. The van der Waals surface area contributed by atoms with Crippen LogP contribution in [0.3, 0.4) is 0 Å². The van der Waals surface area contributed by atoms with Gasteiger partial charge in [0.2, 0.25) is 0 Å². The van der Waals surface area contributed by atoms with Crippen molar-refractivity contribution in [2.24, 2.45) is 0 Å². The first-order valence-electron chi connectivity index (χ1n) is 11.8. The smallest absolute Gasteiger partial charge is 0.262 e. The molecule has 4 aromatic carbocycles. The van der Waals surface area contributed by atoms with Crippen molar-refractivity contribution in [3.63, 3.8) is 0 Å². The number of amides is 1. The fraction of sp³-hybridized carbons (Fsp3) is 0.167. The summed E-state index contributed by atoms with van der Waals surface area (Å²) in [5.74, 6) is -0.375. The van der Waals surface area contributed by atoms with Crippen LogP contribution in [0.4, 0.5) is 5.69 Å². The van der Waals surface area contributed by atoms with Gasteiger partial charge in [-0.15, -0.1) is 0 Å². The molecule has 4 aromatic rings. The highest BCUT2D eigenvalue weighted by Crippen LogP contribution is 2.29. The zero-order valence-corrected chi connectivity index (χ0v) is 21.7. The summed E-state index contributed by atoms with van der Waals surface area (Å²) in [6.45, 7) is 7.41. The highest BCUT2D eigenvalue weighted by atomic mass is 32.2. The van der Waals surface area contributed by atoms with Crippen LogP contribution in [0.15, 0.2) is 95.9 Å². The number of benzene rings is 4. The van der Waals surface area contributed by atoms with E-state index in [1.807, 2.05) is 80.6 Å². The molecule has 0 saturated carbocycles. The van der Waals surface area contributed by atoms with Gasteiger partial charge in [-0.2, -0.15) is 0 Å². The Morgan fingerprint density at radius 2 is 1.17 bits per heavy atom. The molecule has 184 valence electrons. The summed E-state index contributed by atoms with van der Waals surface area (Å²) in [5.41, 5.74) is 5.52. The van der Waals surface area contributed by atoms with Crippen LogP contribution in [-0.2, 0) is 10.0 Å². The van der Waals surface area contributed by atoms with Crippen molar-refractivity contribution < 1.29 is 13.2 Å². The van der Waals surface area contributed by atoms with Crippen LogP contribution in [0, 0.1) is 27.7 Å². The lowest BCUT2D eigenvalue weighted by molar-refractivity contribution is 0.0944. The number of carbonyl (C=O) groups excluding carboxylic acids is 1. The molecule has 1 amide bonds. The molecule has 0 saturated heterocycles. The molecule has 2 N–H and O–H groups in total. The molecular weight excluding hydrogens is 468 g/mol. The molecule has 6 heteroatoms. The Morgan fingerprint density at radius 1 is 0.694 bits per heavy atom. The van der Waals surface area contributed by atoms with Crippen LogP contribution in [-0.4, -0.2) is 14.3 Å². The summed E-state index contributed by atoms with van der Waals surface area (Å²) in [4.78, 5) is 13.8. The van der Waals surface area contributed by atoms with Gasteiger partial charge >= 0.3 is 0 Å². The van der Waals surface area contributed by atoms with E-state index in [1.165, 1.54) is 0 Å². The minimum atomic E-state index is -3.94. The predicted octanol–water partition coefficient (Wildman–Crippen LogP) is 6.24. The van der Waals surface area contributed by atoms with E-state index in [2.05, 4.69) is 10.0 Å². The first-order chi connectivity index (χ1) is 17.2. The first-order valence-corrected chi connectivity index (χ1v) is 13.3. The average molecular weight is 499 g/mol. The topological polar surface area (TPSA) is 75.3 Å². The molecule has 36 heavy (non-hydrogen) atoms. The zero-order chi connectivity index (χ0) is 25.9. The van der Waals surface area contributed by atoms with Gasteiger partial charge in [0.15, 0.2) is 0 Å². The van der Waals surface area contributed by atoms with E-state index < -0.39 is 16.1 Å². The van der Waals surface area contributed by atoms with Gasteiger partial charge in [0.1, 0.15) is 0 Å². The van der Waals surface area contributed by atoms with Gasteiger partial charge in [-0.1, -0.05) is 78.9 Å². The first kappa shape index (κ1) is 25.2. The minimum absolute atomic E-state index is 0.229. The third-order valence-electron chi connectivity index (χ3n) is 6.52. The average Bonchev–Trinajstić information content (AvgIpc) is 2.87. The lowest BCUT2D eigenvalue weighted by Gasteiger charge is -2.21. The lowest BCUT2D eigenvalue weighted by atomic mass is 9.98. The van der Waals surface area contributed by atoms with Crippen molar-refractivity contribution in [1.82, 2.24) is 5.32 Å². The maximum Gasteiger partial charge on any atom is 0.262 e. The standard InChI is InChI=1S/C30H30N2O3S/c1-20-19-21(2)23(4)29(22(20)3)36(34,35)32-27-18-12-11-17-26(27)30(33)31-28(24-13-7-5-8-14-24)25-15-9-6-10-16-25/h5-19,28,32H,1-4H3,(H,31,33). The summed E-state index contributed by atoms with van der Waals surface area (Å²) >= 11 is 0. The Morgan fingerprint density at radius 3 is 1.69 bits per heavy atom. The third-order valence-corrected chi connectivity index (χ3v) is 8.16. The second-order valence-corrected chi connectivity index (χ2v) is 10.6. The normalized spacial score (nSPS) is 11.4. The molecule has 5 nitrogen and oxygen atoms in total. The summed E-state index contributed by atoms with van der Waals surface area (Å²) < 4.78 is 29.8. The molecule has 4 rings (SSSR count). The van der Waals surface area contributed by atoms with Gasteiger partial charge < -0.3 is 5.32 Å². The van der Waals surface area contributed by atoms with E-state index in [-0.39, 0.29) is 22.1 Å². The van der Waals surface area contributed by atoms with E-state index in [4.69, 9.17) is 0 Å². The molecule has 0 spiro atoms. The van der Waals surface area contributed by atoms with Gasteiger partial charge in [0.05, 0.1) is 22.2 Å². The van der Waals surface area contributed by atoms with E-state index in [0.717, 1.165) is 22.3 Å². The van der Waals surface area contributed by atoms with Crippen LogP contribution in [0.1, 0.15) is 49.8 Å². The number of hydrogen-bond donors (Lipinski definition) is 2. The van der Waals surface area contributed by atoms with Crippen LogP contribution in [0.25, 0.3) is 0 Å². The van der Waals surface area contributed by atoms with Crippen LogP contribution in [0.2, 0.25) is 0 Å². The van der Waals surface area contributed by atoms with Gasteiger partial charge in [-0.05, 0) is 73.2 Å². The maximum atomic E-state index is 13.5. The summed E-state index contributed by atoms with van der Waals surface area (Å²) in [5, 5.41) is 3.10. The van der Waals surface area contributed by atoms with Gasteiger partial charge in [-0.3, -0.25) is 9.52 Å². The molecule has 0 unspecified atom stereocenters. The molecule has 0 aromatic heterocycles. The van der Waals surface area contributed by atoms with Gasteiger partial charge in [-0.25, -0.2) is 8.42 Å². The monoisotopic (exact) mass is 498 g/mol. The van der Waals surface area contributed by atoms with Crippen LogP contribution in [0.5, 0.6) is 0 Å². The molecule has 0 aliphatic rings. The van der Waals surface area contributed by atoms with E-state index in [0.29, 0.717) is 11.1 Å².